The molecule has 0 radical (unpaired) electrons. The third-order valence-electron chi connectivity index (χ3n) is 6.46. The third kappa shape index (κ3) is 5.19. The number of H-pyrrole nitrogens is 1. The number of aliphatic hydroxyl groups excluding tert-OH is 1. The Morgan fingerprint density at radius 3 is 2.67 bits per heavy atom. The number of fused-ring (bicyclic) bond motifs is 1. The summed E-state index contributed by atoms with van der Waals surface area (Å²) in [6.45, 7) is 3.65. The molecule has 0 bridgehead atoms. The van der Waals surface area contributed by atoms with Crippen LogP contribution in [-0.2, 0) is 12.7 Å². The Hall–Kier alpha value is -3.51. The van der Waals surface area contributed by atoms with Gasteiger partial charge in [0.2, 0.25) is 0 Å². The smallest absolute Gasteiger partial charge is 0.396 e. The molecule has 1 aliphatic rings. The first-order valence-corrected chi connectivity index (χ1v) is 11.5. The molecule has 0 aliphatic carbocycles. The summed E-state index contributed by atoms with van der Waals surface area (Å²) in [5.74, 6) is -0.264. The maximum Gasteiger partial charge on any atom is 0.422 e. The number of pyridine rings is 3. The van der Waals surface area contributed by atoms with Crippen LogP contribution in [0.25, 0.3) is 11.0 Å². The molecule has 36 heavy (non-hydrogen) atoms. The molecular formula is C24H27F3N6O3. The van der Waals surface area contributed by atoms with Crippen LogP contribution in [0.15, 0.2) is 35.4 Å². The van der Waals surface area contributed by atoms with E-state index in [2.05, 4.69) is 30.1 Å². The van der Waals surface area contributed by atoms with Gasteiger partial charge < -0.3 is 20.3 Å². The average Bonchev–Trinajstić information content (AvgIpc) is 2.84. The first-order chi connectivity index (χ1) is 17.1. The molecule has 0 saturated carbocycles. The number of aromatic nitrogens is 3. The molecule has 192 valence electrons. The van der Waals surface area contributed by atoms with Crippen LogP contribution in [0.5, 0.6) is 0 Å². The van der Waals surface area contributed by atoms with Gasteiger partial charge in [-0.05, 0) is 42.7 Å². The summed E-state index contributed by atoms with van der Waals surface area (Å²) in [5.41, 5.74) is -0.322. The molecule has 3 aromatic rings. The molecule has 0 spiro atoms. The zero-order valence-corrected chi connectivity index (χ0v) is 19.9. The number of rotatable bonds is 6. The largest absolute Gasteiger partial charge is 0.422 e. The minimum absolute atomic E-state index is 0.00791. The van der Waals surface area contributed by atoms with Crippen LogP contribution in [-0.4, -0.2) is 70.2 Å². The number of aliphatic hydroxyl groups is 1. The normalized spacial score (nSPS) is 16.9. The second-order valence-corrected chi connectivity index (χ2v) is 8.75. The number of hydrogen-bond acceptors (Lipinski definition) is 7. The Balaban J connectivity index is 1.53. The number of aryl methyl sites for hydroxylation is 1. The van der Waals surface area contributed by atoms with Crippen LogP contribution >= 0.6 is 0 Å². The average molecular weight is 505 g/mol. The fraction of sp³-hybridized carbons (Fsp3) is 0.417. The zero-order chi connectivity index (χ0) is 26.0. The van der Waals surface area contributed by atoms with Gasteiger partial charge in [-0.25, -0.2) is 4.98 Å². The van der Waals surface area contributed by atoms with Gasteiger partial charge >= 0.3 is 6.18 Å². The van der Waals surface area contributed by atoms with Crippen molar-refractivity contribution < 1.29 is 23.1 Å². The molecule has 0 aromatic carbocycles. The molecular weight excluding hydrogens is 477 g/mol. The topological polar surface area (TPSA) is 114 Å². The third-order valence-corrected chi connectivity index (χ3v) is 6.46. The number of hydrogen-bond donors (Lipinski definition) is 3. The molecule has 4 heterocycles. The van der Waals surface area contributed by atoms with E-state index in [1.807, 2.05) is 6.07 Å². The monoisotopic (exact) mass is 504 g/mol. The number of carbonyl (C=O) groups is 1. The highest BCUT2D eigenvalue weighted by Gasteiger charge is 2.37. The van der Waals surface area contributed by atoms with Gasteiger partial charge in [-0.2, -0.15) is 13.2 Å². The van der Waals surface area contributed by atoms with Crippen LogP contribution in [0, 0.1) is 6.92 Å². The van der Waals surface area contributed by atoms with Crippen LogP contribution in [0.2, 0.25) is 0 Å². The van der Waals surface area contributed by atoms with Crippen molar-refractivity contribution in [1.29, 1.82) is 0 Å². The lowest BCUT2D eigenvalue weighted by molar-refractivity contribution is -0.139. The lowest BCUT2D eigenvalue weighted by Crippen LogP contribution is -2.53. The molecule has 1 aliphatic heterocycles. The number of amides is 1. The van der Waals surface area contributed by atoms with Gasteiger partial charge in [0.1, 0.15) is 11.3 Å². The number of piperazine rings is 1. The summed E-state index contributed by atoms with van der Waals surface area (Å²) >= 11 is 0. The quantitative estimate of drug-likeness (QED) is 0.471. The van der Waals surface area contributed by atoms with Crippen LogP contribution in [0.4, 0.5) is 18.9 Å². The Kier molecular flexibility index (Phi) is 7.27. The van der Waals surface area contributed by atoms with Crippen LogP contribution in [0.1, 0.15) is 33.6 Å². The minimum Gasteiger partial charge on any atom is -0.396 e. The maximum absolute atomic E-state index is 13.3. The first-order valence-electron chi connectivity index (χ1n) is 11.5. The SMILES string of the molecule is CNC(=O)c1ccc(N2CCN(Cc3cnc4c(C)c(C(F)(F)F)c(=O)[nH]c4c3)C(CCO)C2)cn1. The summed E-state index contributed by atoms with van der Waals surface area (Å²) in [6, 6.07) is 5.15. The highest BCUT2D eigenvalue weighted by Crippen LogP contribution is 2.31. The molecule has 1 amide bonds. The van der Waals surface area contributed by atoms with Gasteiger partial charge in [0.15, 0.2) is 0 Å². The van der Waals surface area contributed by atoms with Gasteiger partial charge in [-0.3, -0.25) is 19.5 Å². The molecule has 1 saturated heterocycles. The van der Waals surface area contributed by atoms with E-state index >= 15 is 0 Å². The van der Waals surface area contributed by atoms with Gasteiger partial charge in [-0.1, -0.05) is 0 Å². The summed E-state index contributed by atoms with van der Waals surface area (Å²) in [7, 11) is 1.54. The molecule has 1 atom stereocenters. The standard InChI is InChI=1S/C24H27F3N6O3/c1-14-20(24(25,26)27)23(36)31-19-9-15(10-30-21(14)19)12-32-6-7-33(13-17(32)5-8-34)16-3-4-18(29-11-16)22(35)28-2/h3-4,9-11,17,34H,5-8,12-13H2,1-2H3,(H,28,35)(H,31,36). The predicted molar refractivity (Wildman–Crippen MR) is 128 cm³/mol. The minimum atomic E-state index is -4.76. The van der Waals surface area contributed by atoms with Crippen molar-refractivity contribution in [2.24, 2.45) is 0 Å². The fourth-order valence-corrected chi connectivity index (χ4v) is 4.63. The molecule has 4 rings (SSSR count). The molecule has 3 N–H and O–H groups in total. The Labute approximate surface area is 205 Å². The first kappa shape index (κ1) is 25.6. The number of carbonyl (C=O) groups excluding carboxylic acids is 1. The van der Waals surface area contributed by atoms with Crippen molar-refractivity contribution >= 4 is 22.6 Å². The van der Waals surface area contributed by atoms with Gasteiger partial charge in [-0.15, -0.1) is 0 Å². The Morgan fingerprint density at radius 1 is 1.25 bits per heavy atom. The molecule has 12 heteroatoms. The number of aromatic amines is 1. The van der Waals surface area contributed by atoms with E-state index in [0.29, 0.717) is 38.3 Å². The van der Waals surface area contributed by atoms with Crippen LogP contribution < -0.4 is 15.8 Å². The van der Waals surface area contributed by atoms with E-state index in [4.69, 9.17) is 0 Å². The fourth-order valence-electron chi connectivity index (χ4n) is 4.63. The zero-order valence-electron chi connectivity index (χ0n) is 19.9. The van der Waals surface area contributed by atoms with E-state index in [9.17, 15) is 27.9 Å². The number of halogens is 3. The highest BCUT2D eigenvalue weighted by molar-refractivity contribution is 5.92. The Bertz CT molecular complexity index is 1310. The molecule has 1 unspecified atom stereocenters. The summed E-state index contributed by atoms with van der Waals surface area (Å²) < 4.78 is 39.8. The van der Waals surface area contributed by atoms with E-state index in [1.165, 1.54) is 13.1 Å². The maximum atomic E-state index is 13.3. The lowest BCUT2D eigenvalue weighted by Gasteiger charge is -2.42. The summed E-state index contributed by atoms with van der Waals surface area (Å²) in [6.07, 6.45) is -1.07. The van der Waals surface area contributed by atoms with Crippen molar-refractivity contribution in [3.8, 4) is 0 Å². The van der Waals surface area contributed by atoms with Gasteiger partial charge in [0.25, 0.3) is 11.5 Å². The van der Waals surface area contributed by atoms with Gasteiger partial charge in [0, 0.05) is 52.1 Å². The van der Waals surface area contributed by atoms with E-state index in [-0.39, 0.29) is 35.2 Å². The van der Waals surface area contributed by atoms with Crippen molar-refractivity contribution in [3.63, 3.8) is 0 Å². The molecule has 3 aromatic heterocycles. The van der Waals surface area contributed by atoms with Crippen molar-refractivity contribution in [2.45, 2.75) is 32.1 Å². The van der Waals surface area contributed by atoms with Gasteiger partial charge in [0.05, 0.1) is 22.9 Å². The molecule has 1 fully saturated rings. The summed E-state index contributed by atoms with van der Waals surface area (Å²) in [4.78, 5) is 38.9. The number of anilines is 1. The number of alkyl halides is 3. The van der Waals surface area contributed by atoms with E-state index in [0.717, 1.165) is 11.3 Å². The lowest BCUT2D eigenvalue weighted by atomic mass is 10.1. The van der Waals surface area contributed by atoms with E-state index < -0.39 is 17.3 Å². The highest BCUT2D eigenvalue weighted by atomic mass is 19.4. The number of nitrogens with zero attached hydrogens (tertiary/aromatic N) is 4. The Morgan fingerprint density at radius 2 is 2.03 bits per heavy atom. The number of nitrogens with one attached hydrogen (secondary N) is 2. The predicted octanol–water partition coefficient (Wildman–Crippen LogP) is 2.08. The second-order valence-electron chi connectivity index (χ2n) is 8.75. The van der Waals surface area contributed by atoms with Crippen molar-refractivity contribution in [2.75, 3.05) is 38.2 Å². The van der Waals surface area contributed by atoms with Crippen LogP contribution in [0.3, 0.4) is 0 Å². The summed E-state index contributed by atoms with van der Waals surface area (Å²) in [5, 5.41) is 12.2. The molecule has 9 nitrogen and oxygen atoms in total. The second kappa shape index (κ2) is 10.2. The van der Waals surface area contributed by atoms with Crippen molar-refractivity contribution in [1.82, 2.24) is 25.2 Å². The van der Waals surface area contributed by atoms with E-state index in [1.54, 1.807) is 25.4 Å². The van der Waals surface area contributed by atoms with Crippen molar-refractivity contribution in [3.05, 3.63) is 63.3 Å².